The number of hydrogen-bond donors (Lipinski definition) is 1. The Balaban J connectivity index is 1.61. The quantitative estimate of drug-likeness (QED) is 0.912. The summed E-state index contributed by atoms with van der Waals surface area (Å²) in [5.74, 6) is 1.62. The van der Waals surface area contributed by atoms with Gasteiger partial charge >= 0.3 is 0 Å². The van der Waals surface area contributed by atoms with Crippen molar-refractivity contribution in [2.24, 2.45) is 0 Å². The highest BCUT2D eigenvalue weighted by atomic mass is 35.5. The maximum Gasteiger partial charge on any atom is 0.231 e. The third-order valence-corrected chi connectivity index (χ3v) is 4.24. The molecule has 0 saturated carbocycles. The van der Waals surface area contributed by atoms with Crippen LogP contribution >= 0.6 is 11.6 Å². The molecule has 0 aromatic carbocycles. The number of aromatic nitrogens is 3. The standard InChI is InChI=1S/C13H13ClN4O/c14-7-1-3-11(15-6-7)12-17-13(19-18-12)9-5-8-2-4-10(9)16-8/h1,3,6,8-10,16H,2,4-5H2. The van der Waals surface area contributed by atoms with Gasteiger partial charge in [-0.15, -0.1) is 0 Å². The van der Waals surface area contributed by atoms with E-state index in [1.165, 1.54) is 12.8 Å². The van der Waals surface area contributed by atoms with E-state index >= 15 is 0 Å². The number of halogens is 1. The first-order valence-corrected chi connectivity index (χ1v) is 6.89. The molecular weight excluding hydrogens is 264 g/mol. The summed E-state index contributed by atoms with van der Waals surface area (Å²) in [4.78, 5) is 8.69. The lowest BCUT2D eigenvalue weighted by Gasteiger charge is -2.15. The molecule has 6 heteroatoms. The van der Waals surface area contributed by atoms with Gasteiger partial charge in [0.15, 0.2) is 0 Å². The second kappa shape index (κ2) is 4.28. The Labute approximate surface area is 115 Å². The van der Waals surface area contributed by atoms with E-state index in [-0.39, 0.29) is 0 Å². The average Bonchev–Trinajstić information content (AvgIpc) is 3.15. The van der Waals surface area contributed by atoms with E-state index < -0.39 is 0 Å². The fourth-order valence-electron chi connectivity index (χ4n) is 3.10. The number of fused-ring (bicyclic) bond motifs is 2. The zero-order valence-electron chi connectivity index (χ0n) is 10.2. The minimum atomic E-state index is 0.354. The molecule has 2 aromatic rings. The molecule has 19 heavy (non-hydrogen) atoms. The molecule has 0 aliphatic carbocycles. The maximum absolute atomic E-state index is 5.82. The summed E-state index contributed by atoms with van der Waals surface area (Å²) in [7, 11) is 0. The van der Waals surface area contributed by atoms with Gasteiger partial charge in [-0.2, -0.15) is 4.98 Å². The highest BCUT2D eigenvalue weighted by Crippen LogP contribution is 2.39. The molecule has 98 valence electrons. The molecule has 0 amide bonds. The van der Waals surface area contributed by atoms with Crippen molar-refractivity contribution >= 4 is 11.6 Å². The zero-order valence-corrected chi connectivity index (χ0v) is 11.0. The summed E-state index contributed by atoms with van der Waals surface area (Å²) in [6.45, 7) is 0. The van der Waals surface area contributed by atoms with Crippen LogP contribution in [0, 0.1) is 0 Å². The van der Waals surface area contributed by atoms with Crippen LogP contribution in [0.5, 0.6) is 0 Å². The van der Waals surface area contributed by atoms with E-state index in [9.17, 15) is 0 Å². The maximum atomic E-state index is 5.82. The summed E-state index contributed by atoms with van der Waals surface area (Å²) in [6.07, 6.45) is 5.15. The number of nitrogens with one attached hydrogen (secondary N) is 1. The van der Waals surface area contributed by atoms with Crippen LogP contribution in [0.25, 0.3) is 11.5 Å². The van der Waals surface area contributed by atoms with Crippen molar-refractivity contribution in [1.82, 2.24) is 20.4 Å². The predicted octanol–water partition coefficient (Wildman–Crippen LogP) is 2.39. The Morgan fingerprint density at radius 2 is 2.26 bits per heavy atom. The van der Waals surface area contributed by atoms with Crippen LogP contribution in [0.2, 0.25) is 5.02 Å². The molecule has 4 heterocycles. The Kier molecular flexibility index (Phi) is 2.56. The van der Waals surface area contributed by atoms with Crippen molar-refractivity contribution in [3.8, 4) is 11.5 Å². The Bertz CT molecular complexity index is 597. The summed E-state index contributed by atoms with van der Waals surface area (Å²) >= 11 is 5.82. The molecule has 2 fully saturated rings. The lowest BCUT2D eigenvalue weighted by molar-refractivity contribution is 0.329. The van der Waals surface area contributed by atoms with Crippen LogP contribution in [0.4, 0.5) is 0 Å². The topological polar surface area (TPSA) is 63.8 Å². The molecule has 1 N–H and O–H groups in total. The van der Waals surface area contributed by atoms with Crippen molar-refractivity contribution in [2.75, 3.05) is 0 Å². The van der Waals surface area contributed by atoms with Crippen LogP contribution in [-0.4, -0.2) is 27.2 Å². The van der Waals surface area contributed by atoms with E-state index in [2.05, 4.69) is 20.4 Å². The second-order valence-corrected chi connectivity index (χ2v) is 5.64. The third kappa shape index (κ3) is 1.93. The second-order valence-electron chi connectivity index (χ2n) is 5.21. The number of nitrogens with zero attached hydrogens (tertiary/aromatic N) is 3. The minimum absolute atomic E-state index is 0.354. The zero-order chi connectivity index (χ0) is 12.8. The monoisotopic (exact) mass is 276 g/mol. The molecule has 3 unspecified atom stereocenters. The molecule has 5 nitrogen and oxygen atoms in total. The van der Waals surface area contributed by atoms with E-state index in [0.29, 0.717) is 34.5 Å². The van der Waals surface area contributed by atoms with Crippen molar-refractivity contribution in [3.63, 3.8) is 0 Å². The molecule has 2 bridgehead atoms. The Hall–Kier alpha value is -1.46. The molecular formula is C13H13ClN4O. The van der Waals surface area contributed by atoms with Gasteiger partial charge in [-0.25, -0.2) is 0 Å². The van der Waals surface area contributed by atoms with Crippen molar-refractivity contribution in [2.45, 2.75) is 37.3 Å². The minimum Gasteiger partial charge on any atom is -0.339 e. The van der Waals surface area contributed by atoms with Crippen molar-refractivity contribution in [1.29, 1.82) is 0 Å². The molecule has 2 saturated heterocycles. The van der Waals surface area contributed by atoms with Crippen LogP contribution < -0.4 is 5.32 Å². The van der Waals surface area contributed by atoms with Gasteiger partial charge in [0.1, 0.15) is 5.69 Å². The van der Waals surface area contributed by atoms with Gasteiger partial charge in [0.2, 0.25) is 11.7 Å². The molecule has 2 aliphatic rings. The van der Waals surface area contributed by atoms with E-state index in [1.807, 2.05) is 0 Å². The number of rotatable bonds is 2. The lowest BCUT2D eigenvalue weighted by atomic mass is 9.89. The van der Waals surface area contributed by atoms with Gasteiger partial charge in [-0.05, 0) is 31.4 Å². The highest BCUT2D eigenvalue weighted by molar-refractivity contribution is 6.30. The first-order chi connectivity index (χ1) is 9.29. The van der Waals surface area contributed by atoms with E-state index in [0.717, 1.165) is 12.3 Å². The molecule has 0 spiro atoms. The fourth-order valence-corrected chi connectivity index (χ4v) is 3.21. The smallest absolute Gasteiger partial charge is 0.231 e. The molecule has 2 aliphatic heterocycles. The van der Waals surface area contributed by atoms with Crippen LogP contribution in [0.1, 0.15) is 31.1 Å². The molecule has 0 radical (unpaired) electrons. The van der Waals surface area contributed by atoms with Crippen molar-refractivity contribution in [3.05, 3.63) is 29.2 Å². The first-order valence-electron chi connectivity index (χ1n) is 6.51. The lowest BCUT2D eigenvalue weighted by Crippen LogP contribution is -2.21. The highest BCUT2D eigenvalue weighted by Gasteiger charge is 2.42. The van der Waals surface area contributed by atoms with Crippen LogP contribution in [-0.2, 0) is 0 Å². The first kappa shape index (κ1) is 11.4. The predicted molar refractivity (Wildman–Crippen MR) is 69.8 cm³/mol. The fraction of sp³-hybridized carbons (Fsp3) is 0.462. The number of hydrogen-bond acceptors (Lipinski definition) is 5. The van der Waals surface area contributed by atoms with E-state index in [4.69, 9.17) is 16.1 Å². The summed E-state index contributed by atoms with van der Waals surface area (Å²) < 4.78 is 5.41. The number of pyridine rings is 1. The van der Waals surface area contributed by atoms with Gasteiger partial charge < -0.3 is 9.84 Å². The van der Waals surface area contributed by atoms with Gasteiger partial charge in [-0.1, -0.05) is 16.8 Å². The Morgan fingerprint density at radius 1 is 1.32 bits per heavy atom. The van der Waals surface area contributed by atoms with Crippen LogP contribution in [0.15, 0.2) is 22.9 Å². The summed E-state index contributed by atoms with van der Waals surface area (Å²) in [5, 5.41) is 8.20. The molecule has 4 rings (SSSR count). The third-order valence-electron chi connectivity index (χ3n) is 4.02. The van der Waals surface area contributed by atoms with Crippen LogP contribution in [0.3, 0.4) is 0 Å². The average molecular weight is 277 g/mol. The van der Waals surface area contributed by atoms with E-state index in [1.54, 1.807) is 18.3 Å². The summed E-state index contributed by atoms with van der Waals surface area (Å²) in [5.41, 5.74) is 0.690. The van der Waals surface area contributed by atoms with Gasteiger partial charge in [0.25, 0.3) is 0 Å². The molecule has 2 aromatic heterocycles. The van der Waals surface area contributed by atoms with Gasteiger partial charge in [0, 0.05) is 18.3 Å². The van der Waals surface area contributed by atoms with Crippen molar-refractivity contribution < 1.29 is 4.52 Å². The van der Waals surface area contributed by atoms with Gasteiger partial charge in [0.05, 0.1) is 10.9 Å². The summed E-state index contributed by atoms with van der Waals surface area (Å²) in [6, 6.07) is 4.70. The molecule has 3 atom stereocenters. The largest absolute Gasteiger partial charge is 0.339 e. The SMILES string of the molecule is Clc1ccc(-c2noc(C3CC4CCC3N4)n2)nc1. The normalized spacial score (nSPS) is 29.0. The van der Waals surface area contributed by atoms with Gasteiger partial charge in [-0.3, -0.25) is 4.98 Å². The Morgan fingerprint density at radius 3 is 2.95 bits per heavy atom.